The second-order valence-electron chi connectivity index (χ2n) is 7.12. The van der Waals surface area contributed by atoms with Crippen molar-refractivity contribution in [3.05, 3.63) is 64.2 Å². The van der Waals surface area contributed by atoms with Crippen LogP contribution in [0.2, 0.25) is 5.02 Å². The first kappa shape index (κ1) is 21.5. The Labute approximate surface area is 173 Å². The SMILES string of the molecule is O=C(NCc1ccccc1CN1CCC(O)CC1)Nc1cc(C(F)F)ccc1Cl. The highest BCUT2D eigenvalue weighted by Gasteiger charge is 2.18. The van der Waals surface area contributed by atoms with Gasteiger partial charge in [-0.25, -0.2) is 13.6 Å². The van der Waals surface area contributed by atoms with Crippen LogP contribution in [0.3, 0.4) is 0 Å². The van der Waals surface area contributed by atoms with Crippen molar-refractivity contribution in [3.8, 4) is 0 Å². The first-order valence-corrected chi connectivity index (χ1v) is 9.90. The van der Waals surface area contributed by atoms with E-state index in [1.807, 2.05) is 24.3 Å². The Bertz CT molecular complexity index is 842. The van der Waals surface area contributed by atoms with Crippen LogP contribution < -0.4 is 10.6 Å². The molecule has 1 aliphatic heterocycles. The molecule has 0 atom stereocenters. The lowest BCUT2D eigenvalue weighted by Crippen LogP contribution is -2.35. The van der Waals surface area contributed by atoms with Crippen LogP contribution in [0.1, 0.15) is 36.0 Å². The third kappa shape index (κ3) is 6.13. The third-order valence-electron chi connectivity index (χ3n) is 5.00. The molecule has 3 N–H and O–H groups in total. The molecule has 29 heavy (non-hydrogen) atoms. The number of carbonyl (C=O) groups is 1. The average molecular weight is 424 g/mol. The predicted octanol–water partition coefficient (Wildman–Crippen LogP) is 4.56. The molecule has 0 radical (unpaired) electrons. The molecule has 0 unspecified atom stereocenters. The zero-order valence-corrected chi connectivity index (χ0v) is 16.6. The number of urea groups is 1. The van der Waals surface area contributed by atoms with Gasteiger partial charge in [-0.05, 0) is 36.1 Å². The van der Waals surface area contributed by atoms with E-state index in [9.17, 15) is 18.7 Å². The maximum absolute atomic E-state index is 12.9. The van der Waals surface area contributed by atoms with E-state index in [0.29, 0.717) is 6.54 Å². The first-order valence-electron chi connectivity index (χ1n) is 9.52. The van der Waals surface area contributed by atoms with Gasteiger partial charge >= 0.3 is 6.03 Å². The fraction of sp³-hybridized carbons (Fsp3) is 0.381. The molecule has 1 fully saturated rings. The molecule has 156 valence electrons. The number of likely N-dealkylation sites (tertiary alicyclic amines) is 1. The molecule has 1 saturated heterocycles. The summed E-state index contributed by atoms with van der Waals surface area (Å²) in [6.07, 6.45) is -1.33. The molecular weight excluding hydrogens is 400 g/mol. The van der Waals surface area contributed by atoms with E-state index in [0.717, 1.165) is 43.6 Å². The Morgan fingerprint density at radius 1 is 1.17 bits per heavy atom. The van der Waals surface area contributed by atoms with Crippen molar-refractivity contribution >= 4 is 23.3 Å². The van der Waals surface area contributed by atoms with Gasteiger partial charge in [0.25, 0.3) is 6.43 Å². The van der Waals surface area contributed by atoms with Crippen molar-refractivity contribution in [3.63, 3.8) is 0 Å². The van der Waals surface area contributed by atoms with Crippen molar-refractivity contribution in [1.82, 2.24) is 10.2 Å². The number of piperidine rings is 1. The minimum atomic E-state index is -2.64. The summed E-state index contributed by atoms with van der Waals surface area (Å²) in [4.78, 5) is 14.5. The molecule has 0 saturated carbocycles. The number of nitrogens with zero attached hydrogens (tertiary/aromatic N) is 1. The lowest BCUT2D eigenvalue weighted by molar-refractivity contribution is 0.0791. The second-order valence-corrected chi connectivity index (χ2v) is 7.53. The van der Waals surface area contributed by atoms with Crippen LogP contribution in [0.5, 0.6) is 0 Å². The molecule has 2 aromatic carbocycles. The summed E-state index contributed by atoms with van der Waals surface area (Å²) in [5, 5.41) is 15.1. The van der Waals surface area contributed by atoms with Crippen LogP contribution in [0.4, 0.5) is 19.3 Å². The number of hydrogen-bond acceptors (Lipinski definition) is 3. The van der Waals surface area contributed by atoms with Crippen LogP contribution in [0, 0.1) is 0 Å². The molecule has 3 rings (SSSR count). The normalized spacial score (nSPS) is 15.5. The fourth-order valence-electron chi connectivity index (χ4n) is 3.32. The largest absolute Gasteiger partial charge is 0.393 e. The molecule has 5 nitrogen and oxygen atoms in total. The number of nitrogens with one attached hydrogen (secondary N) is 2. The van der Waals surface area contributed by atoms with E-state index in [-0.39, 0.29) is 22.4 Å². The molecule has 0 spiro atoms. The van der Waals surface area contributed by atoms with Crippen molar-refractivity contribution in [2.75, 3.05) is 18.4 Å². The van der Waals surface area contributed by atoms with Crippen LogP contribution in [-0.4, -0.2) is 35.2 Å². The molecule has 2 amide bonds. The van der Waals surface area contributed by atoms with E-state index < -0.39 is 12.5 Å². The lowest BCUT2D eigenvalue weighted by atomic mass is 10.0. The summed E-state index contributed by atoms with van der Waals surface area (Å²) >= 11 is 6.00. The van der Waals surface area contributed by atoms with Crippen molar-refractivity contribution in [1.29, 1.82) is 0 Å². The summed E-state index contributed by atoms with van der Waals surface area (Å²) < 4.78 is 25.7. The minimum absolute atomic E-state index is 0.141. The Balaban J connectivity index is 1.59. The fourth-order valence-corrected chi connectivity index (χ4v) is 3.48. The highest BCUT2D eigenvalue weighted by Crippen LogP contribution is 2.28. The lowest BCUT2D eigenvalue weighted by Gasteiger charge is -2.30. The number of aliphatic hydroxyl groups is 1. The smallest absolute Gasteiger partial charge is 0.319 e. The molecule has 1 aliphatic rings. The van der Waals surface area contributed by atoms with Gasteiger partial charge in [0.05, 0.1) is 16.8 Å². The van der Waals surface area contributed by atoms with Gasteiger partial charge in [0.2, 0.25) is 0 Å². The zero-order valence-electron chi connectivity index (χ0n) is 15.9. The number of halogens is 3. The zero-order chi connectivity index (χ0) is 20.8. The quantitative estimate of drug-likeness (QED) is 0.638. The van der Waals surface area contributed by atoms with Crippen molar-refractivity contribution in [2.24, 2.45) is 0 Å². The Kier molecular flexibility index (Phi) is 7.41. The number of aliphatic hydroxyl groups excluding tert-OH is 1. The highest BCUT2D eigenvalue weighted by molar-refractivity contribution is 6.33. The molecule has 0 bridgehead atoms. The molecule has 0 aliphatic carbocycles. The standard InChI is InChI=1S/C21H24ClF2N3O2/c22-18-6-5-14(20(23)24)11-19(18)26-21(29)25-12-15-3-1-2-4-16(15)13-27-9-7-17(28)8-10-27/h1-6,11,17,20,28H,7-10,12-13H2,(H2,25,26,29). The molecular formula is C21H24ClF2N3O2. The third-order valence-corrected chi connectivity index (χ3v) is 5.33. The van der Waals surface area contributed by atoms with Crippen LogP contribution in [-0.2, 0) is 13.1 Å². The predicted molar refractivity (Wildman–Crippen MR) is 109 cm³/mol. The Hall–Kier alpha value is -2.22. The van der Waals surface area contributed by atoms with Gasteiger partial charge in [0.15, 0.2) is 0 Å². The first-order chi connectivity index (χ1) is 13.9. The van der Waals surface area contributed by atoms with E-state index in [1.54, 1.807) is 0 Å². The number of anilines is 1. The average Bonchev–Trinajstić information content (AvgIpc) is 2.70. The molecule has 2 aromatic rings. The maximum atomic E-state index is 12.9. The summed E-state index contributed by atoms with van der Waals surface area (Å²) in [7, 11) is 0. The van der Waals surface area contributed by atoms with Crippen LogP contribution >= 0.6 is 11.6 Å². The summed E-state index contributed by atoms with van der Waals surface area (Å²) in [5.74, 6) is 0. The Morgan fingerprint density at radius 3 is 2.55 bits per heavy atom. The van der Waals surface area contributed by atoms with Crippen LogP contribution in [0.15, 0.2) is 42.5 Å². The number of alkyl halides is 2. The van der Waals surface area contributed by atoms with Crippen molar-refractivity contribution < 1.29 is 18.7 Å². The van der Waals surface area contributed by atoms with E-state index in [4.69, 9.17) is 11.6 Å². The summed E-state index contributed by atoms with van der Waals surface area (Å²) in [6, 6.07) is 11.0. The van der Waals surface area contributed by atoms with Crippen molar-refractivity contribution in [2.45, 2.75) is 38.5 Å². The summed E-state index contributed by atoms with van der Waals surface area (Å²) in [5.41, 5.74) is 2.01. The van der Waals surface area contributed by atoms with Crippen LogP contribution in [0.25, 0.3) is 0 Å². The minimum Gasteiger partial charge on any atom is -0.393 e. The van der Waals surface area contributed by atoms with E-state index in [1.165, 1.54) is 18.2 Å². The number of amides is 2. The number of carbonyl (C=O) groups excluding carboxylic acids is 1. The molecule has 0 aromatic heterocycles. The van der Waals surface area contributed by atoms with Gasteiger partial charge in [0.1, 0.15) is 0 Å². The van der Waals surface area contributed by atoms with Gasteiger partial charge in [-0.3, -0.25) is 4.90 Å². The topological polar surface area (TPSA) is 64.6 Å². The monoisotopic (exact) mass is 423 g/mol. The van der Waals surface area contributed by atoms with Gasteiger partial charge in [-0.2, -0.15) is 0 Å². The van der Waals surface area contributed by atoms with E-state index >= 15 is 0 Å². The van der Waals surface area contributed by atoms with Gasteiger partial charge in [-0.1, -0.05) is 41.9 Å². The molecule has 1 heterocycles. The number of rotatable bonds is 6. The number of benzene rings is 2. The highest BCUT2D eigenvalue weighted by atomic mass is 35.5. The maximum Gasteiger partial charge on any atom is 0.319 e. The van der Waals surface area contributed by atoms with E-state index in [2.05, 4.69) is 15.5 Å². The van der Waals surface area contributed by atoms with Gasteiger partial charge in [-0.15, -0.1) is 0 Å². The second kappa shape index (κ2) is 10.0. The number of hydrogen-bond donors (Lipinski definition) is 3. The Morgan fingerprint density at radius 2 is 1.86 bits per heavy atom. The summed E-state index contributed by atoms with van der Waals surface area (Å²) in [6.45, 7) is 2.71. The van der Waals surface area contributed by atoms with Gasteiger partial charge in [0, 0.05) is 31.7 Å². The van der Waals surface area contributed by atoms with Gasteiger partial charge < -0.3 is 15.7 Å². The molecule has 8 heteroatoms.